The van der Waals surface area contributed by atoms with Crippen molar-refractivity contribution in [3.05, 3.63) is 35.4 Å². The predicted octanol–water partition coefficient (Wildman–Crippen LogP) is 2.46. The molecule has 0 saturated heterocycles. The van der Waals surface area contributed by atoms with Gasteiger partial charge in [0.05, 0.1) is 5.41 Å². The Kier molecular flexibility index (Phi) is 1.78. The zero-order chi connectivity index (χ0) is 10.3. The lowest BCUT2D eigenvalue weighted by Gasteiger charge is -2.29. The fourth-order valence-electron chi connectivity index (χ4n) is 2.87. The Hall–Kier alpha value is -1.44. The summed E-state index contributed by atoms with van der Waals surface area (Å²) in [5.41, 5.74) is 2.05. The lowest BCUT2D eigenvalue weighted by molar-refractivity contribution is -0.123. The van der Waals surface area contributed by atoms with Gasteiger partial charge in [0.25, 0.3) is 5.91 Å². The van der Waals surface area contributed by atoms with E-state index in [4.69, 9.17) is 0 Å². The van der Waals surface area contributed by atoms with Gasteiger partial charge in [-0.2, -0.15) is 0 Å². The number of hydrogen-bond acceptors (Lipinski definition) is 1. The minimum absolute atomic E-state index is 0.0682. The molecule has 0 atom stereocenters. The molecule has 1 fully saturated rings. The van der Waals surface area contributed by atoms with Gasteiger partial charge in [0, 0.05) is 6.21 Å². The van der Waals surface area contributed by atoms with E-state index in [9.17, 15) is 4.79 Å². The highest BCUT2D eigenvalue weighted by atomic mass is 16.1. The van der Waals surface area contributed by atoms with E-state index in [1.54, 1.807) is 6.21 Å². The molecule has 1 aliphatic carbocycles. The summed E-state index contributed by atoms with van der Waals surface area (Å²) in [4.78, 5) is 16.0. The number of hydrogen-bond donors (Lipinski definition) is 0. The van der Waals surface area contributed by atoms with Gasteiger partial charge >= 0.3 is 0 Å². The molecule has 1 aliphatic heterocycles. The number of fused-ring (bicyclic) bond motifs is 2. The second-order valence-corrected chi connectivity index (χ2v) is 4.44. The number of nitrogens with zero attached hydrogens (tertiary/aromatic N) is 1. The van der Waals surface area contributed by atoms with Crippen LogP contribution in [0.2, 0.25) is 0 Å². The molecule has 2 heteroatoms. The molecule has 2 nitrogen and oxygen atoms in total. The molecule has 0 N–H and O–H groups in total. The molecule has 76 valence electrons. The van der Waals surface area contributed by atoms with Crippen molar-refractivity contribution in [1.82, 2.24) is 0 Å². The number of benzene rings is 1. The van der Waals surface area contributed by atoms with Crippen LogP contribution >= 0.6 is 0 Å². The van der Waals surface area contributed by atoms with Crippen molar-refractivity contribution in [2.24, 2.45) is 4.99 Å². The third-order valence-corrected chi connectivity index (χ3v) is 3.66. The van der Waals surface area contributed by atoms with Crippen LogP contribution in [0.4, 0.5) is 0 Å². The van der Waals surface area contributed by atoms with E-state index in [0.717, 1.165) is 31.2 Å². The van der Waals surface area contributed by atoms with Gasteiger partial charge < -0.3 is 0 Å². The Morgan fingerprint density at radius 2 is 1.87 bits per heavy atom. The molecule has 0 radical (unpaired) electrons. The summed E-state index contributed by atoms with van der Waals surface area (Å²) < 4.78 is 0. The molecule has 1 aromatic carbocycles. The fraction of sp³-hybridized carbons (Fsp3) is 0.385. The lowest BCUT2D eigenvalue weighted by atomic mass is 9.75. The van der Waals surface area contributed by atoms with Crippen molar-refractivity contribution in [2.75, 3.05) is 0 Å². The van der Waals surface area contributed by atoms with Gasteiger partial charge in [0.15, 0.2) is 0 Å². The van der Waals surface area contributed by atoms with Crippen molar-refractivity contribution in [3.63, 3.8) is 0 Å². The zero-order valence-electron chi connectivity index (χ0n) is 8.57. The monoisotopic (exact) mass is 199 g/mol. The van der Waals surface area contributed by atoms with Crippen LogP contribution in [-0.2, 0) is 10.2 Å². The zero-order valence-corrected chi connectivity index (χ0v) is 8.57. The summed E-state index contributed by atoms with van der Waals surface area (Å²) in [7, 11) is 0. The van der Waals surface area contributed by atoms with E-state index < -0.39 is 0 Å². The molecule has 1 amide bonds. The third-order valence-electron chi connectivity index (χ3n) is 3.66. The lowest BCUT2D eigenvalue weighted by Crippen LogP contribution is -2.35. The van der Waals surface area contributed by atoms with E-state index >= 15 is 0 Å². The van der Waals surface area contributed by atoms with E-state index in [-0.39, 0.29) is 11.3 Å². The largest absolute Gasteiger partial charge is 0.272 e. The summed E-state index contributed by atoms with van der Waals surface area (Å²) in [6, 6.07) is 8.16. The van der Waals surface area contributed by atoms with Crippen LogP contribution in [0.5, 0.6) is 0 Å². The summed E-state index contributed by atoms with van der Waals surface area (Å²) >= 11 is 0. The van der Waals surface area contributed by atoms with E-state index in [2.05, 4.69) is 11.1 Å². The topological polar surface area (TPSA) is 29.4 Å². The van der Waals surface area contributed by atoms with Crippen molar-refractivity contribution >= 4 is 12.1 Å². The van der Waals surface area contributed by atoms with Crippen LogP contribution < -0.4 is 0 Å². The number of aliphatic imine (C=N–C) groups is 1. The second kappa shape index (κ2) is 3.02. The Labute approximate surface area is 89.0 Å². The maximum Gasteiger partial charge on any atom is 0.256 e. The highest BCUT2D eigenvalue weighted by molar-refractivity contribution is 6.03. The molecule has 1 saturated carbocycles. The van der Waals surface area contributed by atoms with Crippen molar-refractivity contribution in [3.8, 4) is 0 Å². The highest BCUT2D eigenvalue weighted by Crippen LogP contribution is 2.44. The molecule has 1 heterocycles. The van der Waals surface area contributed by atoms with Crippen molar-refractivity contribution in [1.29, 1.82) is 0 Å². The number of rotatable bonds is 0. The normalized spacial score (nSPS) is 22.0. The van der Waals surface area contributed by atoms with E-state index in [1.165, 1.54) is 5.56 Å². The van der Waals surface area contributed by atoms with Gasteiger partial charge in [-0.05, 0) is 24.0 Å². The van der Waals surface area contributed by atoms with Gasteiger partial charge in [0.1, 0.15) is 0 Å². The SMILES string of the molecule is O=C1N=Cc2ccccc2C12CCCC2. The molecule has 3 rings (SSSR count). The predicted molar refractivity (Wildman–Crippen MR) is 59.2 cm³/mol. The average molecular weight is 199 g/mol. The first-order valence-corrected chi connectivity index (χ1v) is 5.51. The standard InChI is InChI=1S/C13H13NO/c15-12-13(7-3-4-8-13)11-6-2-1-5-10(11)9-14-12/h1-2,5-6,9H,3-4,7-8H2. The van der Waals surface area contributed by atoms with Gasteiger partial charge in [0.2, 0.25) is 0 Å². The van der Waals surface area contributed by atoms with Crippen molar-refractivity contribution in [2.45, 2.75) is 31.1 Å². The van der Waals surface area contributed by atoms with Crippen LogP contribution in [0.15, 0.2) is 29.3 Å². The molecular weight excluding hydrogens is 186 g/mol. The van der Waals surface area contributed by atoms with Crippen LogP contribution in [0.1, 0.15) is 36.8 Å². The molecule has 1 aromatic rings. The van der Waals surface area contributed by atoms with E-state index in [1.807, 2.05) is 18.2 Å². The third kappa shape index (κ3) is 1.11. The molecular formula is C13H13NO. The van der Waals surface area contributed by atoms with Gasteiger partial charge in [-0.3, -0.25) is 4.79 Å². The summed E-state index contributed by atoms with van der Waals surface area (Å²) in [5.74, 6) is 0.0682. The summed E-state index contributed by atoms with van der Waals surface area (Å²) in [6.07, 6.45) is 5.95. The molecule has 0 bridgehead atoms. The maximum absolute atomic E-state index is 12.0. The van der Waals surface area contributed by atoms with Gasteiger partial charge in [-0.15, -0.1) is 0 Å². The highest BCUT2D eigenvalue weighted by Gasteiger charge is 2.44. The molecule has 15 heavy (non-hydrogen) atoms. The minimum Gasteiger partial charge on any atom is -0.272 e. The van der Waals surface area contributed by atoms with Gasteiger partial charge in [-0.25, -0.2) is 4.99 Å². The second-order valence-electron chi connectivity index (χ2n) is 4.44. The summed E-state index contributed by atoms with van der Waals surface area (Å²) in [5, 5.41) is 0. The minimum atomic E-state index is -0.272. The van der Waals surface area contributed by atoms with Crippen LogP contribution in [0.3, 0.4) is 0 Å². The first-order valence-electron chi connectivity index (χ1n) is 5.51. The molecule has 1 spiro atoms. The van der Waals surface area contributed by atoms with Crippen LogP contribution in [-0.4, -0.2) is 12.1 Å². The van der Waals surface area contributed by atoms with E-state index in [0.29, 0.717) is 0 Å². The number of carbonyl (C=O) groups is 1. The van der Waals surface area contributed by atoms with Crippen molar-refractivity contribution < 1.29 is 4.79 Å². The Balaban J connectivity index is 2.22. The quantitative estimate of drug-likeness (QED) is 0.631. The fourth-order valence-corrected chi connectivity index (χ4v) is 2.87. The van der Waals surface area contributed by atoms with Crippen LogP contribution in [0, 0.1) is 0 Å². The molecule has 0 unspecified atom stereocenters. The average Bonchev–Trinajstić information content (AvgIpc) is 2.75. The Bertz CT molecular complexity index is 442. The number of amides is 1. The Morgan fingerprint density at radius 3 is 2.67 bits per heavy atom. The summed E-state index contributed by atoms with van der Waals surface area (Å²) in [6.45, 7) is 0. The van der Waals surface area contributed by atoms with Gasteiger partial charge in [-0.1, -0.05) is 37.1 Å². The molecule has 2 aliphatic rings. The maximum atomic E-state index is 12.0. The number of carbonyl (C=O) groups excluding carboxylic acids is 1. The first kappa shape index (κ1) is 8.84. The molecule has 0 aromatic heterocycles. The van der Waals surface area contributed by atoms with Crippen LogP contribution in [0.25, 0.3) is 0 Å². The smallest absolute Gasteiger partial charge is 0.256 e. The first-order chi connectivity index (χ1) is 7.33. The Morgan fingerprint density at radius 1 is 1.13 bits per heavy atom.